The molecule has 1 nitrogen and oxygen atoms in total. The van der Waals surface area contributed by atoms with Crippen LogP contribution in [-0.2, 0) is 6.42 Å². The van der Waals surface area contributed by atoms with Crippen LogP contribution in [0.1, 0.15) is 24.1 Å². The highest BCUT2D eigenvalue weighted by Crippen LogP contribution is 2.31. The van der Waals surface area contributed by atoms with E-state index < -0.39 is 0 Å². The van der Waals surface area contributed by atoms with E-state index in [0.29, 0.717) is 0 Å². The van der Waals surface area contributed by atoms with E-state index >= 15 is 0 Å². The lowest BCUT2D eigenvalue weighted by atomic mass is 9.94. The van der Waals surface area contributed by atoms with Crippen molar-refractivity contribution in [2.24, 2.45) is 0 Å². The van der Waals surface area contributed by atoms with Gasteiger partial charge in [-0.05, 0) is 48.6 Å². The lowest BCUT2D eigenvalue weighted by Crippen LogP contribution is -2.01. The maximum atomic E-state index is 4.14. The van der Waals surface area contributed by atoms with Crippen LogP contribution < -0.4 is 0 Å². The van der Waals surface area contributed by atoms with Crippen molar-refractivity contribution in [3.8, 4) is 0 Å². The SMILES string of the molecule is C=C1CCCc2c1cc1ccccn21. The van der Waals surface area contributed by atoms with Gasteiger partial charge in [0.15, 0.2) is 0 Å². The van der Waals surface area contributed by atoms with Gasteiger partial charge in [0.25, 0.3) is 0 Å². The molecule has 1 aliphatic rings. The van der Waals surface area contributed by atoms with Gasteiger partial charge in [0.2, 0.25) is 0 Å². The molecule has 1 aliphatic carbocycles. The average Bonchev–Trinajstić information content (AvgIpc) is 2.59. The fourth-order valence-corrected chi connectivity index (χ4v) is 2.35. The summed E-state index contributed by atoms with van der Waals surface area (Å²) in [5.74, 6) is 0. The maximum Gasteiger partial charge on any atom is 0.0459 e. The van der Waals surface area contributed by atoms with Gasteiger partial charge in [-0.3, -0.25) is 0 Å². The van der Waals surface area contributed by atoms with Gasteiger partial charge in [-0.2, -0.15) is 0 Å². The van der Waals surface area contributed by atoms with Crippen molar-refractivity contribution in [2.45, 2.75) is 19.3 Å². The third-order valence-corrected chi connectivity index (χ3v) is 3.06. The lowest BCUT2D eigenvalue weighted by molar-refractivity contribution is 0.789. The molecule has 0 fully saturated rings. The standard InChI is InChI=1S/C13H13N/c1-10-5-4-7-13-12(10)9-11-6-2-3-8-14(11)13/h2-3,6,8-9H,1,4-5,7H2. The molecule has 1 heteroatoms. The summed E-state index contributed by atoms with van der Waals surface area (Å²) in [7, 11) is 0. The van der Waals surface area contributed by atoms with Gasteiger partial charge in [-0.15, -0.1) is 0 Å². The van der Waals surface area contributed by atoms with Gasteiger partial charge in [0, 0.05) is 17.4 Å². The van der Waals surface area contributed by atoms with Crippen molar-refractivity contribution in [1.82, 2.24) is 4.40 Å². The summed E-state index contributed by atoms with van der Waals surface area (Å²) in [5.41, 5.74) is 5.41. The molecule has 0 atom stereocenters. The highest BCUT2D eigenvalue weighted by Gasteiger charge is 2.16. The third-order valence-electron chi connectivity index (χ3n) is 3.06. The van der Waals surface area contributed by atoms with Crippen LogP contribution in [0.25, 0.3) is 11.1 Å². The van der Waals surface area contributed by atoms with Crippen LogP contribution in [0.15, 0.2) is 37.0 Å². The molecule has 14 heavy (non-hydrogen) atoms. The first-order valence-electron chi connectivity index (χ1n) is 5.13. The fraction of sp³-hybridized carbons (Fsp3) is 0.231. The first kappa shape index (κ1) is 7.86. The van der Waals surface area contributed by atoms with Gasteiger partial charge in [0.1, 0.15) is 0 Å². The van der Waals surface area contributed by atoms with Gasteiger partial charge in [-0.1, -0.05) is 12.6 Å². The zero-order valence-corrected chi connectivity index (χ0v) is 8.16. The molecule has 70 valence electrons. The van der Waals surface area contributed by atoms with Crippen molar-refractivity contribution in [3.05, 3.63) is 48.3 Å². The third kappa shape index (κ3) is 0.955. The molecule has 0 saturated carbocycles. The molecule has 2 aromatic rings. The van der Waals surface area contributed by atoms with E-state index in [0.717, 1.165) is 6.42 Å². The van der Waals surface area contributed by atoms with E-state index in [9.17, 15) is 0 Å². The number of hydrogen-bond acceptors (Lipinski definition) is 0. The average molecular weight is 183 g/mol. The van der Waals surface area contributed by atoms with E-state index in [1.807, 2.05) is 0 Å². The molecule has 0 unspecified atom stereocenters. The molecule has 0 aliphatic heterocycles. The summed E-state index contributed by atoms with van der Waals surface area (Å²) in [6, 6.07) is 8.59. The van der Waals surface area contributed by atoms with E-state index in [4.69, 9.17) is 0 Å². The van der Waals surface area contributed by atoms with E-state index in [2.05, 4.69) is 41.4 Å². The van der Waals surface area contributed by atoms with Gasteiger partial charge in [-0.25, -0.2) is 0 Å². The molecule has 0 aromatic carbocycles. The minimum atomic E-state index is 1.16. The Morgan fingerprint density at radius 1 is 1.21 bits per heavy atom. The zero-order valence-electron chi connectivity index (χ0n) is 8.16. The molecule has 0 bridgehead atoms. The summed E-state index contributed by atoms with van der Waals surface area (Å²) in [6.45, 7) is 4.14. The zero-order chi connectivity index (χ0) is 9.54. The summed E-state index contributed by atoms with van der Waals surface area (Å²) in [4.78, 5) is 0. The van der Waals surface area contributed by atoms with E-state index in [1.54, 1.807) is 0 Å². The Labute approximate surface area is 83.7 Å². The molecule has 0 saturated heterocycles. The first-order chi connectivity index (χ1) is 6.86. The van der Waals surface area contributed by atoms with Crippen LogP contribution in [0.3, 0.4) is 0 Å². The summed E-state index contributed by atoms with van der Waals surface area (Å²) in [5, 5.41) is 0. The number of allylic oxidation sites excluding steroid dienone is 1. The summed E-state index contributed by atoms with van der Waals surface area (Å²) < 4.78 is 2.29. The van der Waals surface area contributed by atoms with Crippen molar-refractivity contribution in [2.75, 3.05) is 0 Å². The molecule has 0 radical (unpaired) electrons. The van der Waals surface area contributed by atoms with Crippen LogP contribution in [0.4, 0.5) is 0 Å². The Kier molecular flexibility index (Phi) is 1.54. The second-order valence-corrected chi connectivity index (χ2v) is 3.96. The molecule has 0 N–H and O–H groups in total. The molecule has 0 spiro atoms. The van der Waals surface area contributed by atoms with Crippen molar-refractivity contribution in [3.63, 3.8) is 0 Å². The van der Waals surface area contributed by atoms with Gasteiger partial charge >= 0.3 is 0 Å². The van der Waals surface area contributed by atoms with Gasteiger partial charge in [0.05, 0.1) is 0 Å². The van der Waals surface area contributed by atoms with Crippen LogP contribution in [0, 0.1) is 0 Å². The number of aromatic nitrogens is 1. The Hall–Kier alpha value is -1.50. The molecular weight excluding hydrogens is 170 g/mol. The monoisotopic (exact) mass is 183 g/mol. The second kappa shape index (κ2) is 2.74. The van der Waals surface area contributed by atoms with E-state index in [1.165, 1.54) is 35.2 Å². The normalized spacial score (nSPS) is 15.9. The molecule has 2 aromatic heterocycles. The van der Waals surface area contributed by atoms with Crippen LogP contribution >= 0.6 is 0 Å². The summed E-state index contributed by atoms with van der Waals surface area (Å²) in [6.07, 6.45) is 5.73. The Morgan fingerprint density at radius 3 is 3.07 bits per heavy atom. The van der Waals surface area contributed by atoms with Crippen molar-refractivity contribution < 1.29 is 0 Å². The summed E-state index contributed by atoms with van der Waals surface area (Å²) >= 11 is 0. The van der Waals surface area contributed by atoms with Crippen LogP contribution in [0.2, 0.25) is 0 Å². The molecule has 0 amide bonds. The highest BCUT2D eigenvalue weighted by molar-refractivity contribution is 5.73. The van der Waals surface area contributed by atoms with Crippen LogP contribution in [-0.4, -0.2) is 4.40 Å². The number of aryl methyl sites for hydroxylation is 1. The number of fused-ring (bicyclic) bond motifs is 3. The smallest absolute Gasteiger partial charge is 0.0459 e. The highest BCUT2D eigenvalue weighted by atomic mass is 14.9. The van der Waals surface area contributed by atoms with Gasteiger partial charge < -0.3 is 4.40 Å². The van der Waals surface area contributed by atoms with Crippen molar-refractivity contribution in [1.29, 1.82) is 0 Å². The minimum absolute atomic E-state index is 1.16. The molecular formula is C13H13N. The number of rotatable bonds is 0. The first-order valence-corrected chi connectivity index (χ1v) is 5.13. The Bertz CT molecular complexity index is 505. The van der Waals surface area contributed by atoms with Crippen molar-refractivity contribution >= 4 is 11.1 Å². The van der Waals surface area contributed by atoms with E-state index in [-0.39, 0.29) is 0 Å². The molecule has 2 heterocycles. The second-order valence-electron chi connectivity index (χ2n) is 3.96. The Balaban J connectivity index is 2.38. The Morgan fingerprint density at radius 2 is 2.14 bits per heavy atom. The lowest BCUT2D eigenvalue weighted by Gasteiger charge is -2.14. The molecule has 3 rings (SSSR count). The predicted octanol–water partition coefficient (Wildman–Crippen LogP) is 3.29. The fourth-order valence-electron chi connectivity index (χ4n) is 2.35. The number of pyridine rings is 1. The number of hydrogen-bond donors (Lipinski definition) is 0. The predicted molar refractivity (Wildman–Crippen MR) is 59.4 cm³/mol. The quantitative estimate of drug-likeness (QED) is 0.590. The minimum Gasteiger partial charge on any atom is -0.320 e. The topological polar surface area (TPSA) is 4.41 Å². The maximum absolute atomic E-state index is 4.14. The largest absolute Gasteiger partial charge is 0.320 e. The number of nitrogens with zero attached hydrogens (tertiary/aromatic N) is 1. The van der Waals surface area contributed by atoms with Crippen LogP contribution in [0.5, 0.6) is 0 Å².